The van der Waals surface area contributed by atoms with Crippen molar-refractivity contribution in [1.29, 1.82) is 5.26 Å². The second-order valence-electron chi connectivity index (χ2n) is 12.6. The number of aromatic nitrogens is 1. The molecule has 2 atom stereocenters. The van der Waals surface area contributed by atoms with Crippen molar-refractivity contribution >= 4 is 40.6 Å². The van der Waals surface area contributed by atoms with Crippen LogP contribution in [-0.2, 0) is 0 Å². The summed E-state index contributed by atoms with van der Waals surface area (Å²) in [4.78, 5) is 0. The Kier molecular flexibility index (Phi) is 6.68. The predicted octanol–water partition coefficient (Wildman–Crippen LogP) is 9.98. The first-order chi connectivity index (χ1) is 20.9. The molecular weight excluding hydrogens is 537 g/mol. The molecule has 3 aliphatic rings. The number of para-hydroxylation sites is 1. The molecular formula is C40H36N2Si. The predicted molar refractivity (Wildman–Crippen MR) is 186 cm³/mol. The molecule has 0 saturated heterocycles. The number of nitrogens with zero attached hydrogens (tertiary/aromatic N) is 2. The van der Waals surface area contributed by atoms with Gasteiger partial charge in [0.15, 0.2) is 0 Å². The molecule has 3 heteroatoms. The molecule has 1 aliphatic heterocycles. The van der Waals surface area contributed by atoms with Crippen LogP contribution >= 0.6 is 0 Å². The van der Waals surface area contributed by atoms with Crippen molar-refractivity contribution < 1.29 is 0 Å². The summed E-state index contributed by atoms with van der Waals surface area (Å²) >= 11 is 0. The SMILES string of the molecule is C=C(C#N)/C=C\C=C(/C)C1=CCCC(c2cccc(-n3c4ccccc4c4c5c(ccc43)C3C=CC=CC3[Si]5(C)C)c2)=C1. The van der Waals surface area contributed by atoms with Crippen molar-refractivity contribution in [2.24, 2.45) is 0 Å². The Balaban J connectivity index is 1.34. The minimum atomic E-state index is -1.76. The number of benzene rings is 3. The highest BCUT2D eigenvalue weighted by atomic mass is 28.3. The summed E-state index contributed by atoms with van der Waals surface area (Å²) in [6.45, 7) is 11.0. The first kappa shape index (κ1) is 27.2. The summed E-state index contributed by atoms with van der Waals surface area (Å²) in [5, 5.41) is 13.4. The molecule has 43 heavy (non-hydrogen) atoms. The van der Waals surface area contributed by atoms with Gasteiger partial charge < -0.3 is 4.57 Å². The van der Waals surface area contributed by atoms with Crippen LogP contribution in [-0.4, -0.2) is 12.6 Å². The maximum absolute atomic E-state index is 8.98. The Bertz CT molecular complexity index is 2050. The number of fused-ring (bicyclic) bond motifs is 7. The molecule has 3 aromatic carbocycles. The van der Waals surface area contributed by atoms with Crippen molar-refractivity contribution in [3.8, 4) is 11.8 Å². The summed E-state index contributed by atoms with van der Waals surface area (Å²) in [6, 6.07) is 24.9. The van der Waals surface area contributed by atoms with Crippen molar-refractivity contribution in [1.82, 2.24) is 4.57 Å². The fourth-order valence-electron chi connectivity index (χ4n) is 7.58. The summed E-state index contributed by atoms with van der Waals surface area (Å²) < 4.78 is 2.49. The van der Waals surface area contributed by atoms with Gasteiger partial charge in [-0.15, -0.1) is 0 Å². The highest BCUT2D eigenvalue weighted by molar-refractivity contribution is 6.95. The third-order valence-corrected chi connectivity index (χ3v) is 13.7. The lowest BCUT2D eigenvalue weighted by molar-refractivity contribution is 0.857. The Labute approximate surface area is 255 Å². The maximum Gasteiger partial charge on any atom is 0.0985 e. The van der Waals surface area contributed by atoms with E-state index < -0.39 is 8.07 Å². The zero-order chi connectivity index (χ0) is 29.7. The molecule has 2 unspecified atom stereocenters. The largest absolute Gasteiger partial charge is 0.309 e. The minimum Gasteiger partial charge on any atom is -0.309 e. The molecule has 2 heterocycles. The van der Waals surface area contributed by atoms with E-state index in [0.29, 0.717) is 17.0 Å². The van der Waals surface area contributed by atoms with E-state index in [-0.39, 0.29) is 0 Å². The second-order valence-corrected chi connectivity index (χ2v) is 17.2. The van der Waals surface area contributed by atoms with Gasteiger partial charge in [-0.2, -0.15) is 5.26 Å². The standard InChI is InChI=1S/C40H36N2Si/c1-27(26-41)12-9-13-28(2)29-14-10-15-30(24-29)31-16-11-17-32(25-31)42-36-20-7-5-19-35(36)39-37(42)23-22-34-33-18-6-8-21-38(33)43(3,4)40(34)39/h5-9,11-14,16-25,33,38H,1,10,15H2,2-4H3/b12-9-,28-13+. The van der Waals surface area contributed by atoms with Crippen LogP contribution in [0.5, 0.6) is 0 Å². The van der Waals surface area contributed by atoms with E-state index in [1.54, 1.807) is 11.3 Å². The van der Waals surface area contributed by atoms with Crippen LogP contribution in [0.1, 0.15) is 36.8 Å². The summed E-state index contributed by atoms with van der Waals surface area (Å²) in [5.74, 6) is 0.496. The van der Waals surface area contributed by atoms with E-state index in [4.69, 9.17) is 5.26 Å². The van der Waals surface area contributed by atoms with Gasteiger partial charge in [-0.25, -0.2) is 0 Å². The number of nitriles is 1. The van der Waals surface area contributed by atoms with Crippen LogP contribution in [0.25, 0.3) is 33.1 Å². The minimum absolute atomic E-state index is 0.461. The monoisotopic (exact) mass is 572 g/mol. The van der Waals surface area contributed by atoms with Crippen LogP contribution in [0.3, 0.4) is 0 Å². The molecule has 7 rings (SSSR count). The smallest absolute Gasteiger partial charge is 0.0985 e. The highest BCUT2D eigenvalue weighted by Gasteiger charge is 2.47. The molecule has 210 valence electrons. The molecule has 0 amide bonds. The molecule has 0 radical (unpaired) electrons. The molecule has 1 aromatic heterocycles. The zero-order valence-corrected chi connectivity index (χ0v) is 26.1. The van der Waals surface area contributed by atoms with Gasteiger partial charge in [-0.05, 0) is 88.7 Å². The average Bonchev–Trinajstić information content (AvgIpc) is 3.50. The van der Waals surface area contributed by atoms with Gasteiger partial charge >= 0.3 is 0 Å². The number of rotatable bonds is 5. The lowest BCUT2D eigenvalue weighted by Crippen LogP contribution is -2.42. The fraction of sp³-hybridized carbons (Fsp3) is 0.175. The second kappa shape index (κ2) is 10.6. The quantitative estimate of drug-likeness (QED) is 0.133. The molecule has 0 spiro atoms. The summed E-state index contributed by atoms with van der Waals surface area (Å²) in [7, 11) is -1.76. The van der Waals surface area contributed by atoms with E-state index in [2.05, 4.69) is 140 Å². The van der Waals surface area contributed by atoms with Gasteiger partial charge in [0, 0.05) is 28.0 Å². The maximum atomic E-state index is 8.98. The Morgan fingerprint density at radius 2 is 1.86 bits per heavy atom. The average molecular weight is 573 g/mol. The van der Waals surface area contributed by atoms with Crippen LogP contribution in [0.4, 0.5) is 0 Å². The number of hydrogen-bond donors (Lipinski definition) is 0. The molecule has 2 nitrogen and oxygen atoms in total. The van der Waals surface area contributed by atoms with Crippen LogP contribution in [0, 0.1) is 11.3 Å². The van der Waals surface area contributed by atoms with Crippen LogP contribution in [0.15, 0.2) is 139 Å². The van der Waals surface area contributed by atoms with Gasteiger partial charge in [0.1, 0.15) is 0 Å². The van der Waals surface area contributed by atoms with Crippen molar-refractivity contribution in [2.75, 3.05) is 0 Å². The lowest BCUT2D eigenvalue weighted by Gasteiger charge is -2.27. The molecule has 0 bridgehead atoms. The zero-order valence-electron chi connectivity index (χ0n) is 25.1. The van der Waals surface area contributed by atoms with Crippen molar-refractivity contribution in [2.45, 2.75) is 44.3 Å². The van der Waals surface area contributed by atoms with E-state index in [1.807, 2.05) is 6.08 Å². The Hall–Kier alpha value is -4.65. The van der Waals surface area contributed by atoms with E-state index >= 15 is 0 Å². The Morgan fingerprint density at radius 3 is 2.72 bits per heavy atom. The topological polar surface area (TPSA) is 28.7 Å². The third kappa shape index (κ3) is 4.45. The van der Waals surface area contributed by atoms with Gasteiger partial charge in [0.2, 0.25) is 0 Å². The van der Waals surface area contributed by atoms with Crippen molar-refractivity contribution in [3.05, 3.63) is 150 Å². The van der Waals surface area contributed by atoms with Gasteiger partial charge in [-0.1, -0.05) is 105 Å². The molecule has 0 fully saturated rings. The van der Waals surface area contributed by atoms with E-state index in [9.17, 15) is 0 Å². The van der Waals surface area contributed by atoms with Gasteiger partial charge in [0.25, 0.3) is 0 Å². The van der Waals surface area contributed by atoms with Crippen LogP contribution < -0.4 is 5.19 Å². The summed E-state index contributed by atoms with van der Waals surface area (Å²) in [5.41, 5.74) is 11.5. The molecule has 2 aliphatic carbocycles. The third-order valence-electron chi connectivity index (χ3n) is 9.67. The highest BCUT2D eigenvalue weighted by Crippen LogP contribution is 2.49. The Morgan fingerprint density at radius 1 is 1.02 bits per heavy atom. The normalized spacial score (nSPS) is 20.7. The number of hydrogen-bond acceptors (Lipinski definition) is 1. The summed E-state index contributed by atoms with van der Waals surface area (Å²) in [6.07, 6.45) is 21.8. The van der Waals surface area contributed by atoms with Crippen molar-refractivity contribution in [3.63, 3.8) is 0 Å². The van der Waals surface area contributed by atoms with Gasteiger partial charge in [0.05, 0.1) is 25.2 Å². The molecule has 4 aromatic rings. The number of allylic oxidation sites excluding steroid dienone is 13. The molecule has 0 saturated carbocycles. The first-order valence-corrected chi connectivity index (χ1v) is 18.3. The fourth-order valence-corrected chi connectivity index (χ4v) is 11.6. The van der Waals surface area contributed by atoms with E-state index in [1.165, 1.54) is 55.3 Å². The van der Waals surface area contributed by atoms with Gasteiger partial charge in [-0.3, -0.25) is 0 Å². The van der Waals surface area contributed by atoms with E-state index in [0.717, 1.165) is 12.8 Å². The first-order valence-electron chi connectivity index (χ1n) is 15.3. The van der Waals surface area contributed by atoms with Crippen LogP contribution in [0.2, 0.25) is 18.6 Å². The lowest BCUT2D eigenvalue weighted by atomic mass is 9.90. The molecule has 0 N–H and O–H groups in total.